The van der Waals surface area contributed by atoms with Crippen molar-refractivity contribution in [1.82, 2.24) is 0 Å². The third kappa shape index (κ3) is 3.10. The van der Waals surface area contributed by atoms with E-state index in [4.69, 9.17) is 0 Å². The van der Waals surface area contributed by atoms with Crippen LogP contribution in [0.5, 0.6) is 0 Å². The minimum atomic E-state index is -0.169. The van der Waals surface area contributed by atoms with Crippen LogP contribution in [0.15, 0.2) is 40.9 Å². The van der Waals surface area contributed by atoms with E-state index in [9.17, 15) is 4.39 Å². The molecule has 2 aromatic carbocycles. The van der Waals surface area contributed by atoms with Gasteiger partial charge in [-0.15, -0.1) is 0 Å². The molecule has 0 aliphatic rings. The molecule has 1 N–H and O–H groups in total. The van der Waals surface area contributed by atoms with Crippen LogP contribution >= 0.6 is 15.9 Å². The Morgan fingerprint density at radius 2 is 1.89 bits per heavy atom. The molecule has 0 saturated heterocycles. The third-order valence-electron chi connectivity index (χ3n) is 2.85. The molecule has 94 valence electrons. The number of rotatable bonds is 3. The fourth-order valence-electron chi connectivity index (χ4n) is 1.75. The number of aryl methyl sites for hydroxylation is 2. The van der Waals surface area contributed by atoms with Crippen LogP contribution < -0.4 is 5.32 Å². The van der Waals surface area contributed by atoms with Gasteiger partial charge in [0.2, 0.25) is 0 Å². The van der Waals surface area contributed by atoms with Crippen molar-refractivity contribution in [2.75, 3.05) is 5.32 Å². The molecule has 2 rings (SSSR count). The van der Waals surface area contributed by atoms with Crippen LogP contribution in [0.4, 0.5) is 10.1 Å². The van der Waals surface area contributed by atoms with Gasteiger partial charge in [0.15, 0.2) is 0 Å². The summed E-state index contributed by atoms with van der Waals surface area (Å²) in [5.41, 5.74) is 4.00. The molecule has 0 amide bonds. The monoisotopic (exact) mass is 307 g/mol. The smallest absolute Gasteiger partial charge is 0.126 e. The van der Waals surface area contributed by atoms with E-state index in [-0.39, 0.29) is 5.82 Å². The predicted octanol–water partition coefficient (Wildman–Crippen LogP) is 4.82. The highest BCUT2D eigenvalue weighted by Crippen LogP contribution is 2.20. The summed E-state index contributed by atoms with van der Waals surface area (Å²) in [4.78, 5) is 0. The van der Waals surface area contributed by atoms with Crippen molar-refractivity contribution in [3.8, 4) is 0 Å². The topological polar surface area (TPSA) is 12.0 Å². The molecule has 0 bridgehead atoms. The summed E-state index contributed by atoms with van der Waals surface area (Å²) in [7, 11) is 0. The first-order valence-electron chi connectivity index (χ1n) is 5.81. The van der Waals surface area contributed by atoms with E-state index in [1.807, 2.05) is 6.07 Å². The van der Waals surface area contributed by atoms with Gasteiger partial charge < -0.3 is 5.32 Å². The number of benzene rings is 2. The van der Waals surface area contributed by atoms with E-state index < -0.39 is 0 Å². The second kappa shape index (κ2) is 5.53. The molecule has 0 fully saturated rings. The number of hydrogen-bond donors (Lipinski definition) is 1. The average molecular weight is 308 g/mol. The molecule has 0 aliphatic carbocycles. The third-order valence-corrected chi connectivity index (χ3v) is 3.59. The summed E-state index contributed by atoms with van der Waals surface area (Å²) in [6, 6.07) is 11.3. The maximum Gasteiger partial charge on any atom is 0.126 e. The zero-order valence-electron chi connectivity index (χ0n) is 10.4. The minimum Gasteiger partial charge on any atom is -0.381 e. The summed E-state index contributed by atoms with van der Waals surface area (Å²) < 4.78 is 14.2. The zero-order valence-corrected chi connectivity index (χ0v) is 12.0. The Labute approximate surface area is 115 Å². The summed E-state index contributed by atoms with van der Waals surface area (Å²) >= 11 is 3.55. The first-order valence-corrected chi connectivity index (χ1v) is 6.60. The second-order valence-electron chi connectivity index (χ2n) is 4.41. The molecule has 3 heteroatoms. The van der Waals surface area contributed by atoms with Gasteiger partial charge in [-0.1, -0.05) is 28.1 Å². The highest BCUT2D eigenvalue weighted by molar-refractivity contribution is 9.10. The molecule has 0 aromatic heterocycles. The summed E-state index contributed by atoms with van der Waals surface area (Å²) in [6.07, 6.45) is 0. The van der Waals surface area contributed by atoms with E-state index >= 15 is 0 Å². The number of nitrogens with one attached hydrogen (secondary N) is 1. The Bertz CT molecular complexity index is 566. The van der Waals surface area contributed by atoms with E-state index in [0.29, 0.717) is 12.1 Å². The van der Waals surface area contributed by atoms with Gasteiger partial charge in [0.25, 0.3) is 0 Å². The van der Waals surface area contributed by atoms with Crippen LogP contribution in [-0.2, 0) is 6.54 Å². The Hall–Kier alpha value is -1.35. The molecule has 0 heterocycles. The SMILES string of the molecule is Cc1ccc(CNc2ccc(F)c(C)c2)c(Br)c1. The van der Waals surface area contributed by atoms with Gasteiger partial charge in [-0.05, 0) is 54.8 Å². The lowest BCUT2D eigenvalue weighted by Gasteiger charge is -2.10. The van der Waals surface area contributed by atoms with Crippen molar-refractivity contribution in [3.63, 3.8) is 0 Å². The Morgan fingerprint density at radius 3 is 2.56 bits per heavy atom. The van der Waals surface area contributed by atoms with Gasteiger partial charge in [0, 0.05) is 16.7 Å². The first-order chi connectivity index (χ1) is 8.56. The fourth-order valence-corrected chi connectivity index (χ4v) is 2.38. The number of halogens is 2. The first kappa shape index (κ1) is 13.1. The molecular formula is C15H15BrFN. The van der Waals surface area contributed by atoms with Crippen molar-refractivity contribution in [2.45, 2.75) is 20.4 Å². The highest BCUT2D eigenvalue weighted by atomic mass is 79.9. The molecule has 0 radical (unpaired) electrons. The molecule has 0 spiro atoms. The van der Waals surface area contributed by atoms with Gasteiger partial charge in [0.05, 0.1) is 0 Å². The fraction of sp³-hybridized carbons (Fsp3) is 0.200. The van der Waals surface area contributed by atoms with Gasteiger partial charge in [-0.25, -0.2) is 4.39 Å². The molecule has 2 aromatic rings. The second-order valence-corrected chi connectivity index (χ2v) is 5.27. The van der Waals surface area contributed by atoms with E-state index in [1.54, 1.807) is 13.0 Å². The summed E-state index contributed by atoms with van der Waals surface area (Å²) in [5.74, 6) is -0.169. The summed E-state index contributed by atoms with van der Waals surface area (Å²) in [5, 5.41) is 3.29. The molecule has 0 aliphatic heterocycles. The van der Waals surface area contributed by atoms with Gasteiger partial charge in [-0.2, -0.15) is 0 Å². The van der Waals surface area contributed by atoms with Crippen LogP contribution in [0.25, 0.3) is 0 Å². The lowest BCUT2D eigenvalue weighted by atomic mass is 10.1. The predicted molar refractivity (Wildman–Crippen MR) is 77.3 cm³/mol. The quantitative estimate of drug-likeness (QED) is 0.857. The van der Waals surface area contributed by atoms with Crippen LogP contribution in [0.2, 0.25) is 0 Å². The van der Waals surface area contributed by atoms with Crippen LogP contribution in [0.1, 0.15) is 16.7 Å². The van der Waals surface area contributed by atoms with Crippen molar-refractivity contribution < 1.29 is 4.39 Å². The standard InChI is InChI=1S/C15H15BrFN/c1-10-3-4-12(14(16)7-10)9-18-13-5-6-15(17)11(2)8-13/h3-8,18H,9H2,1-2H3. The van der Waals surface area contributed by atoms with Crippen molar-refractivity contribution in [3.05, 3.63) is 63.4 Å². The average Bonchev–Trinajstić information content (AvgIpc) is 2.32. The molecule has 18 heavy (non-hydrogen) atoms. The van der Waals surface area contributed by atoms with E-state index in [1.165, 1.54) is 17.2 Å². The lowest BCUT2D eigenvalue weighted by molar-refractivity contribution is 0.618. The highest BCUT2D eigenvalue weighted by Gasteiger charge is 2.02. The van der Waals surface area contributed by atoms with E-state index in [0.717, 1.165) is 10.2 Å². The van der Waals surface area contributed by atoms with Gasteiger partial charge in [-0.3, -0.25) is 0 Å². The maximum atomic E-state index is 13.1. The van der Waals surface area contributed by atoms with Crippen molar-refractivity contribution in [2.24, 2.45) is 0 Å². The maximum absolute atomic E-state index is 13.1. The Kier molecular flexibility index (Phi) is 4.02. The molecule has 0 unspecified atom stereocenters. The van der Waals surface area contributed by atoms with Crippen LogP contribution in [0.3, 0.4) is 0 Å². The normalized spacial score (nSPS) is 10.4. The minimum absolute atomic E-state index is 0.169. The van der Waals surface area contributed by atoms with Crippen LogP contribution in [-0.4, -0.2) is 0 Å². The molecule has 1 nitrogen and oxygen atoms in total. The molecule has 0 atom stereocenters. The van der Waals surface area contributed by atoms with Gasteiger partial charge >= 0.3 is 0 Å². The van der Waals surface area contributed by atoms with Crippen LogP contribution in [0, 0.1) is 19.7 Å². The number of anilines is 1. The molecule has 0 saturated carbocycles. The van der Waals surface area contributed by atoms with E-state index in [2.05, 4.69) is 46.4 Å². The van der Waals surface area contributed by atoms with Crippen molar-refractivity contribution in [1.29, 1.82) is 0 Å². The zero-order chi connectivity index (χ0) is 13.1. The summed E-state index contributed by atoms with van der Waals surface area (Å²) in [6.45, 7) is 4.54. The Morgan fingerprint density at radius 1 is 1.11 bits per heavy atom. The van der Waals surface area contributed by atoms with Gasteiger partial charge in [0.1, 0.15) is 5.82 Å². The number of hydrogen-bond acceptors (Lipinski definition) is 1. The van der Waals surface area contributed by atoms with Crippen molar-refractivity contribution >= 4 is 21.6 Å². The lowest BCUT2D eigenvalue weighted by Crippen LogP contribution is -2.01. The Balaban J connectivity index is 2.09. The largest absolute Gasteiger partial charge is 0.381 e. The molecular weight excluding hydrogens is 293 g/mol.